The molecule has 1 aromatic rings. The molecule has 0 spiro atoms. The van der Waals surface area contributed by atoms with Gasteiger partial charge in [0.25, 0.3) is 11.6 Å². The van der Waals surface area contributed by atoms with Crippen molar-refractivity contribution in [3.63, 3.8) is 0 Å². The van der Waals surface area contributed by atoms with Crippen LogP contribution in [-0.4, -0.2) is 40.3 Å². The lowest BCUT2D eigenvalue weighted by molar-refractivity contribution is -0.384. The van der Waals surface area contributed by atoms with Crippen LogP contribution in [0, 0.1) is 17.0 Å². The van der Waals surface area contributed by atoms with Crippen molar-refractivity contribution in [3.8, 4) is 0 Å². The molecule has 0 heterocycles. The standard InChI is InChI=1S/C11H14N2O5/c1-7-4-9(13(17)18)2-3-10(7)11(16)12-8(5-14)6-15/h2-4,8,14-15H,5-6H2,1H3,(H,12,16). The lowest BCUT2D eigenvalue weighted by Crippen LogP contribution is -2.40. The zero-order valence-corrected chi connectivity index (χ0v) is 9.79. The molecule has 0 radical (unpaired) electrons. The van der Waals surface area contributed by atoms with E-state index in [1.54, 1.807) is 6.92 Å². The van der Waals surface area contributed by atoms with Crippen LogP contribution in [0.2, 0.25) is 0 Å². The van der Waals surface area contributed by atoms with Gasteiger partial charge in [-0.1, -0.05) is 0 Å². The summed E-state index contributed by atoms with van der Waals surface area (Å²) >= 11 is 0. The van der Waals surface area contributed by atoms with Crippen molar-refractivity contribution in [2.45, 2.75) is 13.0 Å². The maximum Gasteiger partial charge on any atom is 0.269 e. The maximum atomic E-state index is 11.8. The fraction of sp³-hybridized carbons (Fsp3) is 0.364. The van der Waals surface area contributed by atoms with Crippen molar-refractivity contribution in [1.82, 2.24) is 5.32 Å². The van der Waals surface area contributed by atoms with Gasteiger partial charge in [0.05, 0.1) is 24.2 Å². The molecule has 1 aromatic carbocycles. The molecule has 1 amide bonds. The van der Waals surface area contributed by atoms with E-state index in [-0.39, 0.29) is 24.5 Å². The second-order valence-corrected chi connectivity index (χ2v) is 3.79. The Morgan fingerprint density at radius 3 is 2.50 bits per heavy atom. The van der Waals surface area contributed by atoms with E-state index >= 15 is 0 Å². The van der Waals surface area contributed by atoms with Gasteiger partial charge in [-0.15, -0.1) is 0 Å². The van der Waals surface area contributed by atoms with Crippen LogP contribution >= 0.6 is 0 Å². The third-order valence-electron chi connectivity index (χ3n) is 2.44. The number of aryl methyl sites for hydroxylation is 1. The zero-order valence-electron chi connectivity index (χ0n) is 9.79. The fourth-order valence-corrected chi connectivity index (χ4v) is 1.43. The monoisotopic (exact) mass is 254 g/mol. The molecule has 0 unspecified atom stereocenters. The molecule has 1 rings (SSSR count). The largest absolute Gasteiger partial charge is 0.394 e. The number of nitrogens with zero attached hydrogens (tertiary/aromatic N) is 1. The predicted molar refractivity (Wildman–Crippen MR) is 63.3 cm³/mol. The molecule has 0 aliphatic carbocycles. The lowest BCUT2D eigenvalue weighted by atomic mass is 10.1. The van der Waals surface area contributed by atoms with E-state index in [1.807, 2.05) is 0 Å². The normalized spacial score (nSPS) is 10.4. The summed E-state index contributed by atoms with van der Waals surface area (Å²) in [4.78, 5) is 21.8. The first-order valence-corrected chi connectivity index (χ1v) is 5.27. The third-order valence-corrected chi connectivity index (χ3v) is 2.44. The van der Waals surface area contributed by atoms with Gasteiger partial charge in [0.2, 0.25) is 0 Å². The van der Waals surface area contributed by atoms with Crippen molar-refractivity contribution in [2.24, 2.45) is 0 Å². The number of carbonyl (C=O) groups is 1. The van der Waals surface area contributed by atoms with Crippen LogP contribution in [0.25, 0.3) is 0 Å². The lowest BCUT2D eigenvalue weighted by Gasteiger charge is -2.14. The molecule has 7 heteroatoms. The van der Waals surface area contributed by atoms with Gasteiger partial charge in [-0.25, -0.2) is 0 Å². The number of nitrogens with one attached hydrogen (secondary N) is 1. The molecule has 0 bridgehead atoms. The summed E-state index contributed by atoms with van der Waals surface area (Å²) in [6.07, 6.45) is 0. The number of nitro groups is 1. The molecular weight excluding hydrogens is 240 g/mol. The number of nitro benzene ring substituents is 1. The van der Waals surface area contributed by atoms with Gasteiger partial charge in [-0.2, -0.15) is 0 Å². The highest BCUT2D eigenvalue weighted by Gasteiger charge is 2.16. The average Bonchev–Trinajstić information content (AvgIpc) is 2.35. The molecule has 0 fully saturated rings. The number of aliphatic hydroxyl groups excluding tert-OH is 2. The molecule has 3 N–H and O–H groups in total. The molecule has 0 saturated carbocycles. The third kappa shape index (κ3) is 3.25. The number of non-ortho nitro benzene ring substituents is 1. The quantitative estimate of drug-likeness (QED) is 0.505. The fourth-order valence-electron chi connectivity index (χ4n) is 1.43. The molecule has 0 aliphatic rings. The Kier molecular flexibility index (Phi) is 4.75. The minimum Gasteiger partial charge on any atom is -0.394 e. The smallest absolute Gasteiger partial charge is 0.269 e. The summed E-state index contributed by atoms with van der Waals surface area (Å²) < 4.78 is 0. The molecule has 98 valence electrons. The Bertz CT molecular complexity index is 457. The molecule has 18 heavy (non-hydrogen) atoms. The number of hydrogen-bond acceptors (Lipinski definition) is 5. The Morgan fingerprint density at radius 2 is 2.06 bits per heavy atom. The highest BCUT2D eigenvalue weighted by atomic mass is 16.6. The maximum absolute atomic E-state index is 11.8. The number of carbonyl (C=O) groups excluding carboxylic acids is 1. The van der Waals surface area contributed by atoms with E-state index in [0.717, 1.165) is 0 Å². The van der Waals surface area contributed by atoms with E-state index in [2.05, 4.69) is 5.32 Å². The molecule has 0 saturated heterocycles. The first kappa shape index (κ1) is 14.1. The second kappa shape index (κ2) is 6.08. The molecule has 0 atom stereocenters. The van der Waals surface area contributed by atoms with Gasteiger partial charge >= 0.3 is 0 Å². The number of benzene rings is 1. The highest BCUT2D eigenvalue weighted by Crippen LogP contribution is 2.17. The van der Waals surface area contributed by atoms with E-state index in [4.69, 9.17) is 10.2 Å². The van der Waals surface area contributed by atoms with Crippen LogP contribution in [-0.2, 0) is 0 Å². The van der Waals surface area contributed by atoms with Crippen molar-refractivity contribution in [3.05, 3.63) is 39.4 Å². The van der Waals surface area contributed by atoms with Gasteiger partial charge in [0, 0.05) is 17.7 Å². The summed E-state index contributed by atoms with van der Waals surface area (Å²) in [6.45, 7) is 0.817. The average molecular weight is 254 g/mol. The van der Waals surface area contributed by atoms with E-state index in [0.29, 0.717) is 5.56 Å². The first-order valence-electron chi connectivity index (χ1n) is 5.27. The number of amides is 1. The minimum atomic E-state index is -0.743. The predicted octanol–water partition coefficient (Wildman–Crippen LogP) is -0.0138. The SMILES string of the molecule is Cc1cc([N+](=O)[O-])ccc1C(=O)NC(CO)CO. The van der Waals surface area contributed by atoms with Crippen molar-refractivity contribution in [1.29, 1.82) is 0 Å². The summed E-state index contributed by atoms with van der Waals surface area (Å²) in [7, 11) is 0. The molecule has 7 nitrogen and oxygen atoms in total. The van der Waals surface area contributed by atoms with Crippen LogP contribution < -0.4 is 5.32 Å². The van der Waals surface area contributed by atoms with Crippen LogP contribution in [0.5, 0.6) is 0 Å². The minimum absolute atomic E-state index is 0.0927. The van der Waals surface area contributed by atoms with E-state index in [1.165, 1.54) is 18.2 Å². The number of hydrogen-bond donors (Lipinski definition) is 3. The topological polar surface area (TPSA) is 113 Å². The van der Waals surface area contributed by atoms with Crippen LogP contribution in [0.3, 0.4) is 0 Å². The first-order chi connectivity index (χ1) is 8.49. The van der Waals surface area contributed by atoms with E-state index in [9.17, 15) is 14.9 Å². The van der Waals surface area contributed by atoms with Gasteiger partial charge in [-0.3, -0.25) is 14.9 Å². The Hall–Kier alpha value is -1.99. The van der Waals surface area contributed by atoms with Gasteiger partial charge < -0.3 is 15.5 Å². The van der Waals surface area contributed by atoms with Crippen molar-refractivity contribution >= 4 is 11.6 Å². The van der Waals surface area contributed by atoms with Gasteiger partial charge in [0.15, 0.2) is 0 Å². The molecule has 0 aliphatic heterocycles. The van der Waals surface area contributed by atoms with Crippen LogP contribution in [0.1, 0.15) is 15.9 Å². The van der Waals surface area contributed by atoms with Crippen molar-refractivity contribution < 1.29 is 19.9 Å². The van der Waals surface area contributed by atoms with Crippen molar-refractivity contribution in [2.75, 3.05) is 13.2 Å². The Balaban J connectivity index is 2.90. The zero-order chi connectivity index (χ0) is 13.7. The van der Waals surface area contributed by atoms with Gasteiger partial charge in [-0.05, 0) is 18.6 Å². The molecular formula is C11H14N2O5. The van der Waals surface area contributed by atoms with E-state index < -0.39 is 16.9 Å². The van der Waals surface area contributed by atoms with Crippen LogP contribution in [0.4, 0.5) is 5.69 Å². The summed E-state index contributed by atoms with van der Waals surface area (Å²) in [6, 6.07) is 3.12. The number of aliphatic hydroxyl groups is 2. The summed E-state index contributed by atoms with van der Waals surface area (Å²) in [5.41, 5.74) is 0.633. The highest BCUT2D eigenvalue weighted by molar-refractivity contribution is 5.96. The Labute approximate surface area is 103 Å². The second-order valence-electron chi connectivity index (χ2n) is 3.79. The van der Waals surface area contributed by atoms with Gasteiger partial charge in [0.1, 0.15) is 0 Å². The summed E-state index contributed by atoms with van der Waals surface area (Å²) in [5.74, 6) is -0.490. The Morgan fingerprint density at radius 1 is 1.44 bits per heavy atom. The number of rotatable bonds is 5. The van der Waals surface area contributed by atoms with Crippen LogP contribution in [0.15, 0.2) is 18.2 Å². The summed E-state index contributed by atoms with van der Waals surface area (Å²) in [5, 5.41) is 30.6. The molecule has 0 aromatic heterocycles.